The van der Waals surface area contributed by atoms with Crippen LogP contribution in [0.2, 0.25) is 0 Å². The van der Waals surface area contributed by atoms with Gasteiger partial charge in [0, 0.05) is 38.7 Å². The molecule has 0 fully saturated rings. The molecule has 150 valence electrons. The predicted octanol–water partition coefficient (Wildman–Crippen LogP) is 2.73. The van der Waals surface area contributed by atoms with E-state index in [9.17, 15) is 4.39 Å². The van der Waals surface area contributed by atoms with Gasteiger partial charge >= 0.3 is 0 Å². The zero-order valence-electron chi connectivity index (χ0n) is 16.9. The second-order valence-corrected chi connectivity index (χ2v) is 7.31. The van der Waals surface area contributed by atoms with Gasteiger partial charge in [-0.15, -0.1) is 0 Å². The molecule has 28 heavy (non-hydrogen) atoms. The molecule has 1 heterocycles. The van der Waals surface area contributed by atoms with Crippen LogP contribution in [-0.2, 0) is 25.9 Å². The van der Waals surface area contributed by atoms with E-state index in [-0.39, 0.29) is 5.82 Å². The van der Waals surface area contributed by atoms with Gasteiger partial charge in [0.05, 0.1) is 6.61 Å². The van der Waals surface area contributed by atoms with E-state index in [1.54, 1.807) is 13.1 Å². The van der Waals surface area contributed by atoms with Crippen LogP contribution < -0.4 is 15.4 Å². The minimum absolute atomic E-state index is 0.167. The molecule has 0 saturated heterocycles. The molecule has 0 saturated carbocycles. The van der Waals surface area contributed by atoms with Crippen molar-refractivity contribution in [3.05, 3.63) is 64.5 Å². The van der Waals surface area contributed by atoms with Crippen LogP contribution in [0.25, 0.3) is 0 Å². The van der Waals surface area contributed by atoms with Crippen molar-refractivity contribution >= 4 is 5.96 Å². The first-order valence-electron chi connectivity index (χ1n) is 9.66. The van der Waals surface area contributed by atoms with Gasteiger partial charge in [0.2, 0.25) is 0 Å². The highest BCUT2D eigenvalue weighted by molar-refractivity contribution is 5.79. The van der Waals surface area contributed by atoms with Gasteiger partial charge in [0.15, 0.2) is 5.96 Å². The molecule has 0 radical (unpaired) electrons. The lowest BCUT2D eigenvalue weighted by molar-refractivity contribution is 0.357. The minimum atomic E-state index is -0.167. The van der Waals surface area contributed by atoms with Crippen molar-refractivity contribution in [2.75, 3.05) is 34.3 Å². The Morgan fingerprint density at radius 2 is 1.96 bits per heavy atom. The van der Waals surface area contributed by atoms with E-state index in [2.05, 4.69) is 33.8 Å². The largest absolute Gasteiger partial charge is 0.493 e. The fraction of sp³-hybridized carbons (Fsp3) is 0.409. The maximum Gasteiger partial charge on any atom is 0.191 e. The summed E-state index contributed by atoms with van der Waals surface area (Å²) in [4.78, 5) is 6.23. The van der Waals surface area contributed by atoms with Crippen LogP contribution in [0.4, 0.5) is 4.39 Å². The number of nitrogens with zero attached hydrogens (tertiary/aromatic N) is 2. The number of halogens is 1. The first kappa shape index (κ1) is 20.1. The van der Waals surface area contributed by atoms with E-state index in [4.69, 9.17) is 4.74 Å². The van der Waals surface area contributed by atoms with Gasteiger partial charge in [-0.3, -0.25) is 4.99 Å². The number of nitrogens with one attached hydrogen (secondary N) is 2. The molecule has 1 aliphatic rings. The number of guanidine groups is 1. The fourth-order valence-electron chi connectivity index (χ4n) is 3.33. The first-order chi connectivity index (χ1) is 13.5. The second kappa shape index (κ2) is 9.55. The summed E-state index contributed by atoms with van der Waals surface area (Å²) in [6.07, 6.45) is 1.91. The van der Waals surface area contributed by atoms with E-state index >= 15 is 0 Å². The van der Waals surface area contributed by atoms with Crippen molar-refractivity contribution in [1.29, 1.82) is 0 Å². The molecule has 0 spiro atoms. The highest BCUT2D eigenvalue weighted by Gasteiger charge is 2.12. The molecule has 0 aromatic heterocycles. The molecule has 0 bridgehead atoms. The summed E-state index contributed by atoms with van der Waals surface area (Å²) in [5, 5.41) is 6.64. The van der Waals surface area contributed by atoms with Gasteiger partial charge in [-0.1, -0.05) is 18.2 Å². The summed E-state index contributed by atoms with van der Waals surface area (Å²) < 4.78 is 19.5. The number of benzene rings is 2. The Labute approximate surface area is 166 Å². The zero-order valence-corrected chi connectivity index (χ0v) is 16.9. The minimum Gasteiger partial charge on any atom is -0.493 e. The van der Waals surface area contributed by atoms with Crippen LogP contribution in [0.1, 0.15) is 22.3 Å². The van der Waals surface area contributed by atoms with Gasteiger partial charge in [0.1, 0.15) is 11.6 Å². The Morgan fingerprint density at radius 1 is 1.14 bits per heavy atom. The Hall–Kier alpha value is -2.60. The molecule has 0 aliphatic carbocycles. The van der Waals surface area contributed by atoms with Gasteiger partial charge in [0.25, 0.3) is 0 Å². The van der Waals surface area contributed by atoms with Gasteiger partial charge < -0.3 is 20.3 Å². The Balaban J connectivity index is 1.48. The van der Waals surface area contributed by atoms with Crippen molar-refractivity contribution in [2.24, 2.45) is 4.99 Å². The van der Waals surface area contributed by atoms with Crippen LogP contribution in [0.5, 0.6) is 5.75 Å². The molecule has 2 N–H and O–H groups in total. The molecule has 0 atom stereocenters. The number of hydrogen-bond acceptors (Lipinski definition) is 3. The molecule has 2 aromatic rings. The lowest BCUT2D eigenvalue weighted by Gasteiger charge is -2.14. The van der Waals surface area contributed by atoms with E-state index in [0.717, 1.165) is 43.3 Å². The third kappa shape index (κ3) is 5.45. The molecule has 6 heteroatoms. The highest BCUT2D eigenvalue weighted by atomic mass is 19.1. The lowest BCUT2D eigenvalue weighted by Crippen LogP contribution is -2.37. The molecule has 3 rings (SSSR count). The number of rotatable bonds is 7. The van der Waals surface area contributed by atoms with E-state index in [1.165, 1.54) is 17.2 Å². The summed E-state index contributed by atoms with van der Waals surface area (Å²) in [6.45, 7) is 2.75. The Kier molecular flexibility index (Phi) is 6.87. The highest BCUT2D eigenvalue weighted by Crippen LogP contribution is 2.25. The number of hydrogen-bond donors (Lipinski definition) is 2. The standard InChI is InChI=1S/C22H29FN4O/c1-24-22(25-10-8-16-5-7-21-18(12-16)9-11-28-21)26-14-17-4-6-20(23)19(13-17)15-27(2)3/h4-7,12-13H,8-11,14-15H2,1-3H3,(H2,24,25,26). The topological polar surface area (TPSA) is 48.9 Å². The van der Waals surface area contributed by atoms with Crippen LogP contribution in [0.15, 0.2) is 41.4 Å². The maximum atomic E-state index is 13.9. The van der Waals surface area contributed by atoms with Gasteiger partial charge in [-0.2, -0.15) is 0 Å². The Morgan fingerprint density at radius 3 is 2.75 bits per heavy atom. The summed E-state index contributed by atoms with van der Waals surface area (Å²) in [7, 11) is 5.62. The van der Waals surface area contributed by atoms with Crippen molar-refractivity contribution < 1.29 is 9.13 Å². The monoisotopic (exact) mass is 384 g/mol. The lowest BCUT2D eigenvalue weighted by atomic mass is 10.1. The van der Waals surface area contributed by atoms with Crippen LogP contribution in [-0.4, -0.2) is 45.2 Å². The maximum absolute atomic E-state index is 13.9. The normalized spacial score (nSPS) is 13.4. The predicted molar refractivity (Wildman–Crippen MR) is 111 cm³/mol. The third-order valence-electron chi connectivity index (χ3n) is 4.74. The SMILES string of the molecule is CN=C(NCCc1ccc2c(c1)CCO2)NCc1ccc(F)c(CN(C)C)c1. The smallest absolute Gasteiger partial charge is 0.191 e. The average Bonchev–Trinajstić information content (AvgIpc) is 3.14. The molecule has 0 unspecified atom stereocenters. The van der Waals surface area contributed by atoms with Crippen LogP contribution >= 0.6 is 0 Å². The summed E-state index contributed by atoms with van der Waals surface area (Å²) >= 11 is 0. The number of fused-ring (bicyclic) bond motifs is 1. The first-order valence-corrected chi connectivity index (χ1v) is 9.66. The van der Waals surface area contributed by atoms with Crippen molar-refractivity contribution in [2.45, 2.75) is 25.9 Å². The third-order valence-corrected chi connectivity index (χ3v) is 4.74. The number of aliphatic imine (C=N–C) groups is 1. The van der Waals surface area contributed by atoms with Crippen LogP contribution in [0, 0.1) is 5.82 Å². The van der Waals surface area contributed by atoms with Crippen molar-refractivity contribution in [3.8, 4) is 5.75 Å². The van der Waals surface area contributed by atoms with E-state index in [0.29, 0.717) is 18.7 Å². The zero-order chi connectivity index (χ0) is 19.9. The summed E-state index contributed by atoms with van der Waals surface area (Å²) in [6, 6.07) is 11.6. The van der Waals surface area contributed by atoms with E-state index < -0.39 is 0 Å². The molecular formula is C22H29FN4O. The number of ether oxygens (including phenoxy) is 1. The van der Waals surface area contributed by atoms with E-state index in [1.807, 2.05) is 25.1 Å². The molecule has 2 aromatic carbocycles. The molecule has 0 amide bonds. The summed E-state index contributed by atoms with van der Waals surface area (Å²) in [5.74, 6) is 1.59. The van der Waals surface area contributed by atoms with Crippen molar-refractivity contribution in [3.63, 3.8) is 0 Å². The second-order valence-electron chi connectivity index (χ2n) is 7.31. The molecular weight excluding hydrogens is 355 g/mol. The Bertz CT molecular complexity index is 835. The van der Waals surface area contributed by atoms with Gasteiger partial charge in [-0.05, 0) is 55.4 Å². The molecule has 1 aliphatic heterocycles. The molecule has 5 nitrogen and oxygen atoms in total. The average molecular weight is 384 g/mol. The quantitative estimate of drug-likeness (QED) is 0.569. The van der Waals surface area contributed by atoms with Gasteiger partial charge in [-0.25, -0.2) is 4.39 Å². The fourth-order valence-corrected chi connectivity index (χ4v) is 3.33. The van der Waals surface area contributed by atoms with Crippen molar-refractivity contribution in [1.82, 2.24) is 15.5 Å². The van der Waals surface area contributed by atoms with Crippen LogP contribution in [0.3, 0.4) is 0 Å². The summed E-state index contributed by atoms with van der Waals surface area (Å²) in [5.41, 5.74) is 4.32.